The number of anilines is 1. The molecule has 0 amide bonds. The summed E-state index contributed by atoms with van der Waals surface area (Å²) in [5.74, 6) is -0.158. The Morgan fingerprint density at radius 1 is 1.44 bits per heavy atom. The summed E-state index contributed by atoms with van der Waals surface area (Å²) in [6.45, 7) is 4.24. The lowest BCUT2D eigenvalue weighted by atomic mass is 10.2. The average molecular weight is 263 g/mol. The van der Waals surface area contributed by atoms with Crippen molar-refractivity contribution in [3.05, 3.63) is 29.6 Å². The van der Waals surface area contributed by atoms with Crippen molar-refractivity contribution >= 4 is 33.1 Å². The Labute approximate surface area is 111 Å². The first kappa shape index (κ1) is 12.9. The van der Waals surface area contributed by atoms with Crippen molar-refractivity contribution < 1.29 is 9.53 Å². The van der Waals surface area contributed by atoms with Crippen LogP contribution in [0.1, 0.15) is 20.3 Å². The first-order valence-corrected chi connectivity index (χ1v) is 6.96. The van der Waals surface area contributed by atoms with Crippen LogP contribution in [0, 0.1) is 0 Å². The van der Waals surface area contributed by atoms with Gasteiger partial charge in [0.15, 0.2) is 0 Å². The van der Waals surface area contributed by atoms with Gasteiger partial charge in [0.2, 0.25) is 0 Å². The molecule has 0 aliphatic rings. The number of carbonyl (C=O) groups is 1. The number of thiophene rings is 1. The number of carbonyl (C=O) groups excluding carboxylic acids is 1. The maximum absolute atomic E-state index is 11.4. The Bertz CT molecular complexity index is 535. The molecule has 0 saturated heterocycles. The predicted octanol–water partition coefficient (Wildman–Crippen LogP) is 3.65. The van der Waals surface area contributed by atoms with Crippen LogP contribution in [0.3, 0.4) is 0 Å². The van der Waals surface area contributed by atoms with Crippen LogP contribution in [0.4, 0.5) is 5.69 Å². The lowest BCUT2D eigenvalue weighted by Crippen LogP contribution is -2.20. The second kappa shape index (κ2) is 5.87. The van der Waals surface area contributed by atoms with Crippen molar-refractivity contribution in [2.24, 2.45) is 0 Å². The molecule has 1 aromatic heterocycles. The quantitative estimate of drug-likeness (QED) is 0.837. The van der Waals surface area contributed by atoms with E-state index in [4.69, 9.17) is 4.74 Å². The van der Waals surface area contributed by atoms with Crippen LogP contribution in [0.25, 0.3) is 10.1 Å². The van der Waals surface area contributed by atoms with E-state index in [1.807, 2.05) is 19.9 Å². The molecule has 4 heteroatoms. The molecule has 0 aliphatic heterocycles. The minimum absolute atomic E-state index is 0.0696. The minimum Gasteiger partial charge on any atom is -0.466 e. The molecule has 0 bridgehead atoms. The predicted molar refractivity (Wildman–Crippen MR) is 76.2 cm³/mol. The van der Waals surface area contributed by atoms with Gasteiger partial charge >= 0.3 is 5.97 Å². The second-order valence-corrected chi connectivity index (χ2v) is 5.18. The largest absolute Gasteiger partial charge is 0.466 e. The fourth-order valence-electron chi connectivity index (χ4n) is 1.86. The van der Waals surface area contributed by atoms with Crippen molar-refractivity contribution in [3.8, 4) is 0 Å². The highest BCUT2D eigenvalue weighted by Crippen LogP contribution is 2.24. The summed E-state index contributed by atoms with van der Waals surface area (Å²) >= 11 is 1.73. The topological polar surface area (TPSA) is 38.3 Å². The van der Waals surface area contributed by atoms with Gasteiger partial charge in [-0.2, -0.15) is 0 Å². The summed E-state index contributed by atoms with van der Waals surface area (Å²) in [5, 5.41) is 6.63. The van der Waals surface area contributed by atoms with E-state index in [1.165, 1.54) is 10.1 Å². The van der Waals surface area contributed by atoms with Gasteiger partial charge in [0.25, 0.3) is 0 Å². The zero-order valence-electron chi connectivity index (χ0n) is 10.6. The summed E-state index contributed by atoms with van der Waals surface area (Å²) in [5.41, 5.74) is 1.04. The lowest BCUT2D eigenvalue weighted by Gasteiger charge is -2.14. The number of fused-ring (bicyclic) bond motifs is 1. The third-order valence-corrected chi connectivity index (χ3v) is 3.54. The molecular weight excluding hydrogens is 246 g/mol. The van der Waals surface area contributed by atoms with E-state index in [0.29, 0.717) is 13.0 Å². The minimum atomic E-state index is -0.158. The maximum Gasteiger partial charge on any atom is 0.307 e. The van der Waals surface area contributed by atoms with Crippen LogP contribution in [0.5, 0.6) is 0 Å². The van der Waals surface area contributed by atoms with Gasteiger partial charge in [0.1, 0.15) is 0 Å². The SMILES string of the molecule is CCOC(=O)CC(C)Nc1ccc2sccc2c1. The van der Waals surface area contributed by atoms with Crippen molar-refractivity contribution in [2.45, 2.75) is 26.3 Å². The highest BCUT2D eigenvalue weighted by Gasteiger charge is 2.09. The smallest absolute Gasteiger partial charge is 0.307 e. The van der Waals surface area contributed by atoms with Crippen LogP contribution in [-0.2, 0) is 9.53 Å². The van der Waals surface area contributed by atoms with Crippen LogP contribution in [0.15, 0.2) is 29.6 Å². The molecule has 96 valence electrons. The number of ether oxygens (including phenoxy) is 1. The van der Waals surface area contributed by atoms with Crippen LogP contribution in [-0.4, -0.2) is 18.6 Å². The zero-order chi connectivity index (χ0) is 13.0. The molecule has 3 nitrogen and oxygen atoms in total. The normalized spacial score (nSPS) is 12.3. The Balaban J connectivity index is 1.97. The van der Waals surface area contributed by atoms with Crippen LogP contribution < -0.4 is 5.32 Å². The van der Waals surface area contributed by atoms with Gasteiger partial charge < -0.3 is 10.1 Å². The standard InChI is InChI=1S/C14H17NO2S/c1-3-17-14(16)8-10(2)15-12-4-5-13-11(9-12)6-7-18-13/h4-7,9-10,15H,3,8H2,1-2H3. The highest BCUT2D eigenvalue weighted by molar-refractivity contribution is 7.17. The molecule has 1 aromatic carbocycles. The molecule has 2 aromatic rings. The zero-order valence-corrected chi connectivity index (χ0v) is 11.4. The van der Waals surface area contributed by atoms with Gasteiger partial charge in [-0.25, -0.2) is 0 Å². The first-order chi connectivity index (χ1) is 8.69. The average Bonchev–Trinajstić information content (AvgIpc) is 2.76. The number of nitrogens with one attached hydrogen (secondary N) is 1. The highest BCUT2D eigenvalue weighted by atomic mass is 32.1. The Kier molecular flexibility index (Phi) is 4.20. The van der Waals surface area contributed by atoms with Crippen molar-refractivity contribution in [1.29, 1.82) is 0 Å². The lowest BCUT2D eigenvalue weighted by molar-refractivity contribution is -0.143. The van der Waals surface area contributed by atoms with Gasteiger partial charge in [-0.3, -0.25) is 4.79 Å². The summed E-state index contributed by atoms with van der Waals surface area (Å²) < 4.78 is 6.21. The third kappa shape index (κ3) is 3.23. The summed E-state index contributed by atoms with van der Waals surface area (Å²) in [7, 11) is 0. The Morgan fingerprint density at radius 3 is 3.06 bits per heavy atom. The molecule has 1 heterocycles. The molecular formula is C14H17NO2S. The van der Waals surface area contributed by atoms with E-state index in [-0.39, 0.29) is 12.0 Å². The van der Waals surface area contributed by atoms with Crippen molar-refractivity contribution in [2.75, 3.05) is 11.9 Å². The molecule has 2 rings (SSSR count). The number of hydrogen-bond acceptors (Lipinski definition) is 4. The van der Waals surface area contributed by atoms with Gasteiger partial charge in [-0.15, -0.1) is 11.3 Å². The molecule has 0 radical (unpaired) electrons. The molecule has 0 spiro atoms. The Morgan fingerprint density at radius 2 is 2.28 bits per heavy atom. The monoisotopic (exact) mass is 263 g/mol. The van der Waals surface area contributed by atoms with Crippen LogP contribution >= 0.6 is 11.3 Å². The molecule has 0 saturated carbocycles. The number of esters is 1. The molecule has 1 N–H and O–H groups in total. The van der Waals surface area contributed by atoms with Gasteiger partial charge in [0, 0.05) is 16.4 Å². The molecule has 0 aliphatic carbocycles. The second-order valence-electron chi connectivity index (χ2n) is 4.23. The summed E-state index contributed by atoms with van der Waals surface area (Å²) in [6.07, 6.45) is 0.384. The summed E-state index contributed by atoms with van der Waals surface area (Å²) in [6, 6.07) is 8.41. The molecule has 18 heavy (non-hydrogen) atoms. The van der Waals surface area contributed by atoms with Gasteiger partial charge in [-0.1, -0.05) is 0 Å². The number of benzene rings is 1. The van der Waals surface area contributed by atoms with Gasteiger partial charge in [-0.05, 0) is 48.9 Å². The maximum atomic E-state index is 11.4. The van der Waals surface area contributed by atoms with E-state index in [1.54, 1.807) is 11.3 Å². The van der Waals surface area contributed by atoms with Crippen molar-refractivity contribution in [3.63, 3.8) is 0 Å². The number of hydrogen-bond donors (Lipinski definition) is 1. The third-order valence-electron chi connectivity index (χ3n) is 2.64. The molecule has 1 atom stereocenters. The Hall–Kier alpha value is -1.55. The van der Waals surface area contributed by atoms with Crippen LogP contribution in [0.2, 0.25) is 0 Å². The van der Waals surface area contributed by atoms with E-state index in [2.05, 4.69) is 28.9 Å². The van der Waals surface area contributed by atoms with E-state index < -0.39 is 0 Å². The van der Waals surface area contributed by atoms with E-state index >= 15 is 0 Å². The number of rotatable bonds is 5. The molecule has 0 fully saturated rings. The summed E-state index contributed by atoms with van der Waals surface area (Å²) in [4.78, 5) is 11.4. The fourth-order valence-corrected chi connectivity index (χ4v) is 2.63. The first-order valence-electron chi connectivity index (χ1n) is 6.08. The van der Waals surface area contributed by atoms with Gasteiger partial charge in [0.05, 0.1) is 13.0 Å². The molecule has 1 unspecified atom stereocenters. The van der Waals surface area contributed by atoms with Crippen molar-refractivity contribution in [1.82, 2.24) is 0 Å². The fraction of sp³-hybridized carbons (Fsp3) is 0.357. The van der Waals surface area contributed by atoms with E-state index in [9.17, 15) is 4.79 Å². The van der Waals surface area contributed by atoms with E-state index in [0.717, 1.165) is 5.69 Å².